The van der Waals surface area contributed by atoms with Crippen LogP contribution in [0.1, 0.15) is 130 Å². The lowest BCUT2D eigenvalue weighted by molar-refractivity contribution is 0.369. The van der Waals surface area contributed by atoms with Crippen LogP contribution >= 0.6 is 23.2 Å². The van der Waals surface area contributed by atoms with Crippen molar-refractivity contribution in [1.82, 2.24) is 0 Å². The molecule has 0 saturated heterocycles. The molecule has 2 heteroatoms. The van der Waals surface area contributed by atoms with Gasteiger partial charge in [0.05, 0.1) is 0 Å². The van der Waals surface area contributed by atoms with Crippen LogP contribution in [0.3, 0.4) is 0 Å². The van der Waals surface area contributed by atoms with Crippen molar-refractivity contribution >= 4 is 23.2 Å². The molecule has 0 aromatic heterocycles. The zero-order valence-corrected chi connectivity index (χ0v) is 17.5. The minimum atomic E-state index is 0. The first-order chi connectivity index (χ1) is 11.1. The summed E-state index contributed by atoms with van der Waals surface area (Å²) < 4.78 is 0. The van der Waals surface area contributed by atoms with Gasteiger partial charge in [0.15, 0.2) is 0 Å². The van der Waals surface area contributed by atoms with Gasteiger partial charge in [-0.2, -0.15) is 0 Å². The Labute approximate surface area is 200 Å². The van der Waals surface area contributed by atoms with Gasteiger partial charge in [-0.05, 0) is 67.6 Å². The monoisotopic (exact) mass is 458 g/mol. The van der Waals surface area contributed by atoms with Gasteiger partial charge < -0.3 is 0 Å². The minimum absolute atomic E-state index is 0. The van der Waals surface area contributed by atoms with Crippen molar-refractivity contribution in [1.29, 1.82) is 0 Å². The van der Waals surface area contributed by atoms with Crippen molar-refractivity contribution in [2.45, 2.75) is 130 Å². The van der Waals surface area contributed by atoms with E-state index in [9.17, 15) is 0 Å². The highest BCUT2D eigenvalue weighted by molar-refractivity contribution is 6.18. The van der Waals surface area contributed by atoms with Gasteiger partial charge in [-0.15, -0.1) is 23.2 Å². The van der Waals surface area contributed by atoms with Crippen molar-refractivity contribution in [3.63, 3.8) is 0 Å². The van der Waals surface area contributed by atoms with E-state index in [4.69, 9.17) is 23.2 Å². The van der Waals surface area contributed by atoms with Gasteiger partial charge in [0.2, 0.25) is 0 Å². The lowest BCUT2D eigenvalue weighted by atomic mass is 9.92. The molecule has 0 aromatic carbocycles. The van der Waals surface area contributed by atoms with Crippen LogP contribution in [0, 0.1) is 35.5 Å². The lowest BCUT2D eigenvalue weighted by Crippen LogP contribution is -2.07. The number of rotatable bonds is 7. The van der Waals surface area contributed by atoms with Crippen LogP contribution in [0.4, 0.5) is 0 Å². The number of hydrogen-bond donors (Lipinski definition) is 0. The molecular weight excluding hydrogens is 395 g/mol. The summed E-state index contributed by atoms with van der Waals surface area (Å²) in [5.74, 6) is 7.40. The van der Waals surface area contributed by atoms with E-state index in [1.807, 2.05) is 0 Å². The highest BCUT2D eigenvalue weighted by Crippen LogP contribution is 2.42. The molecule has 2 rings (SSSR count). The maximum Gasteiger partial charge on any atom is 0.0254 e. The fraction of sp³-hybridized carbons (Fsp3) is 1.00. The largest absolute Gasteiger partial charge is 0.127 e. The van der Waals surface area contributed by atoms with E-state index >= 15 is 0 Å². The number of alkyl halides is 2. The van der Waals surface area contributed by atoms with Crippen LogP contribution < -0.4 is 0 Å². The molecule has 2 aliphatic carbocycles. The van der Waals surface area contributed by atoms with Crippen LogP contribution in [-0.2, 0) is 0 Å². The Morgan fingerprint density at radius 2 is 0.862 bits per heavy atom. The van der Waals surface area contributed by atoms with E-state index in [0.29, 0.717) is 0 Å². The van der Waals surface area contributed by atoms with E-state index in [1.54, 1.807) is 0 Å². The smallest absolute Gasteiger partial charge is 0.0254 e. The van der Waals surface area contributed by atoms with E-state index in [0.717, 1.165) is 47.3 Å². The second-order valence-electron chi connectivity index (χ2n) is 7.98. The standard InChI is InChI=1S/C11H21Cl.C10H19Cl.6CH4/c1-3-9-7-10(4-2)11(8-9)5-6-12;1-3-8-5-9(4-2)10(6-8)7-11;;;;;;/h9-11H,3-8H2,1-2H3;8-10H,3-7H2,1-2H3;6*1H4. The normalized spacial score (nSPS) is 29.2. The van der Waals surface area contributed by atoms with E-state index < -0.39 is 0 Å². The summed E-state index contributed by atoms with van der Waals surface area (Å²) in [5.41, 5.74) is 0. The molecule has 2 saturated carbocycles. The predicted octanol–water partition coefficient (Wildman–Crippen LogP) is 11.6. The molecule has 0 aromatic rings. The second kappa shape index (κ2) is 24.8. The Morgan fingerprint density at radius 3 is 1.14 bits per heavy atom. The van der Waals surface area contributed by atoms with Gasteiger partial charge >= 0.3 is 0 Å². The highest BCUT2D eigenvalue weighted by Gasteiger charge is 2.31. The van der Waals surface area contributed by atoms with Crippen molar-refractivity contribution in [3.8, 4) is 0 Å². The quantitative estimate of drug-likeness (QED) is 0.332. The maximum absolute atomic E-state index is 5.90. The summed E-state index contributed by atoms with van der Waals surface area (Å²) in [6.07, 6.45) is 12.4. The van der Waals surface area contributed by atoms with Gasteiger partial charge in [-0.25, -0.2) is 0 Å². The molecule has 2 aliphatic rings. The van der Waals surface area contributed by atoms with Crippen molar-refractivity contribution in [3.05, 3.63) is 0 Å². The lowest BCUT2D eigenvalue weighted by Gasteiger charge is -2.15. The fourth-order valence-corrected chi connectivity index (χ4v) is 5.68. The number of hydrogen-bond acceptors (Lipinski definition) is 0. The molecule has 6 unspecified atom stereocenters. The third-order valence-corrected chi connectivity index (χ3v) is 7.37. The van der Waals surface area contributed by atoms with Crippen LogP contribution in [0.25, 0.3) is 0 Å². The SMILES string of the molecule is C.C.C.C.C.C.CCC1CC(CC)C(CCCl)C1.CCC1CC(CC)C(CCl)C1. The topological polar surface area (TPSA) is 0 Å². The molecule has 2 fully saturated rings. The molecule has 6 atom stereocenters. The summed E-state index contributed by atoms with van der Waals surface area (Å²) >= 11 is 11.7. The Balaban J connectivity index is -0.0000000757. The third-order valence-electron chi connectivity index (χ3n) is 6.76. The Morgan fingerprint density at radius 1 is 0.517 bits per heavy atom. The average molecular weight is 460 g/mol. The molecule has 0 heterocycles. The van der Waals surface area contributed by atoms with Crippen LogP contribution in [-0.4, -0.2) is 11.8 Å². The first kappa shape index (κ1) is 43.5. The Hall–Kier alpha value is 0.580. The van der Waals surface area contributed by atoms with Gasteiger partial charge in [-0.1, -0.05) is 97.9 Å². The Bertz CT molecular complexity index is 280. The van der Waals surface area contributed by atoms with Gasteiger partial charge in [0.25, 0.3) is 0 Å². The minimum Gasteiger partial charge on any atom is -0.127 e. The van der Waals surface area contributed by atoms with Crippen molar-refractivity contribution in [2.75, 3.05) is 11.8 Å². The summed E-state index contributed by atoms with van der Waals surface area (Å²) in [5, 5.41) is 0. The van der Waals surface area contributed by atoms with E-state index in [-0.39, 0.29) is 44.6 Å². The van der Waals surface area contributed by atoms with Gasteiger partial charge in [0, 0.05) is 11.8 Å². The molecule has 0 bridgehead atoms. The zero-order chi connectivity index (χ0) is 17.2. The van der Waals surface area contributed by atoms with Crippen molar-refractivity contribution in [2.24, 2.45) is 35.5 Å². The molecule has 186 valence electrons. The first-order valence-corrected chi connectivity index (χ1v) is 11.3. The van der Waals surface area contributed by atoms with Gasteiger partial charge in [0.1, 0.15) is 0 Å². The van der Waals surface area contributed by atoms with Crippen LogP contribution in [0.5, 0.6) is 0 Å². The molecule has 0 radical (unpaired) electrons. The fourth-order valence-electron chi connectivity index (χ4n) is 5.02. The molecule has 0 aliphatic heterocycles. The molecular formula is C27H64Cl2. The maximum atomic E-state index is 5.90. The van der Waals surface area contributed by atoms with Crippen LogP contribution in [0.2, 0.25) is 0 Å². The van der Waals surface area contributed by atoms with Crippen molar-refractivity contribution < 1.29 is 0 Å². The average Bonchev–Trinajstić information content (AvgIpc) is 3.18. The van der Waals surface area contributed by atoms with E-state index in [2.05, 4.69) is 27.7 Å². The summed E-state index contributed by atoms with van der Waals surface area (Å²) in [7, 11) is 0. The summed E-state index contributed by atoms with van der Waals surface area (Å²) in [4.78, 5) is 0. The summed E-state index contributed by atoms with van der Waals surface area (Å²) in [6.45, 7) is 9.24. The second-order valence-corrected chi connectivity index (χ2v) is 8.67. The first-order valence-electron chi connectivity index (χ1n) is 10.2. The zero-order valence-electron chi connectivity index (χ0n) is 16.0. The van der Waals surface area contributed by atoms with E-state index in [1.165, 1.54) is 57.8 Å². The number of halogens is 2. The summed E-state index contributed by atoms with van der Waals surface area (Å²) in [6, 6.07) is 0. The van der Waals surface area contributed by atoms with Crippen LogP contribution in [0.15, 0.2) is 0 Å². The van der Waals surface area contributed by atoms with Gasteiger partial charge in [-0.3, -0.25) is 0 Å². The molecule has 29 heavy (non-hydrogen) atoms. The molecule has 0 N–H and O–H groups in total. The predicted molar refractivity (Wildman–Crippen MR) is 147 cm³/mol. The molecule has 0 nitrogen and oxygen atoms in total. The Kier molecular flexibility index (Phi) is 37.2. The third kappa shape index (κ3) is 14.3. The molecule has 0 amide bonds. The highest BCUT2D eigenvalue weighted by atomic mass is 35.5. The molecule has 0 spiro atoms.